The average molecular weight is 419 g/mol. The van der Waals surface area contributed by atoms with E-state index in [0.29, 0.717) is 30.1 Å². The van der Waals surface area contributed by atoms with Crippen LogP contribution in [0, 0.1) is 18.3 Å². The fraction of sp³-hybridized carbons (Fsp3) is 0.571. The smallest absolute Gasteiger partial charge is 0.324 e. The van der Waals surface area contributed by atoms with Gasteiger partial charge in [0.1, 0.15) is 6.07 Å². The van der Waals surface area contributed by atoms with Gasteiger partial charge < -0.3 is 9.64 Å². The quantitative estimate of drug-likeness (QED) is 0.502. The van der Waals surface area contributed by atoms with Gasteiger partial charge in [-0.2, -0.15) is 5.26 Å². The number of piperazine rings is 1. The highest BCUT2D eigenvalue weighted by Crippen LogP contribution is 2.33. The molecule has 2 aliphatic rings. The molecular weight excluding hydrogens is 392 g/mol. The molecule has 2 aliphatic heterocycles. The Labute approximate surface area is 176 Å². The SMILES string of the molecule is COC(=O)CCCCCN1CCN2C(=O)N(c3ccc(C#N)c(Cl)c3C)CC2C1. The maximum Gasteiger partial charge on any atom is 0.324 e. The second-order valence-electron chi connectivity index (χ2n) is 7.61. The van der Waals surface area contributed by atoms with Crippen LogP contribution in [-0.4, -0.2) is 67.7 Å². The van der Waals surface area contributed by atoms with Crippen molar-refractivity contribution in [1.82, 2.24) is 9.80 Å². The molecule has 29 heavy (non-hydrogen) atoms. The molecule has 2 saturated heterocycles. The number of hydrogen-bond donors (Lipinski definition) is 0. The molecule has 0 N–H and O–H groups in total. The fourth-order valence-corrected chi connectivity index (χ4v) is 4.32. The van der Waals surface area contributed by atoms with Gasteiger partial charge in [-0.05, 0) is 44.0 Å². The highest BCUT2D eigenvalue weighted by atomic mass is 35.5. The van der Waals surface area contributed by atoms with E-state index in [9.17, 15) is 9.59 Å². The third-order valence-electron chi connectivity index (χ3n) is 5.79. The van der Waals surface area contributed by atoms with Gasteiger partial charge in [0.25, 0.3) is 0 Å². The van der Waals surface area contributed by atoms with Crippen LogP contribution in [0.4, 0.5) is 10.5 Å². The van der Waals surface area contributed by atoms with Crippen LogP contribution in [0.15, 0.2) is 12.1 Å². The normalized spacial score (nSPS) is 19.2. The summed E-state index contributed by atoms with van der Waals surface area (Å²) in [6, 6.07) is 5.74. The first-order chi connectivity index (χ1) is 14.0. The van der Waals surface area contributed by atoms with Gasteiger partial charge in [0, 0.05) is 38.3 Å². The van der Waals surface area contributed by atoms with Gasteiger partial charge >= 0.3 is 12.0 Å². The third kappa shape index (κ3) is 4.65. The summed E-state index contributed by atoms with van der Waals surface area (Å²) in [5, 5.41) is 9.55. The van der Waals surface area contributed by atoms with E-state index in [4.69, 9.17) is 16.9 Å². The molecule has 1 aromatic carbocycles. The predicted octanol–water partition coefficient (Wildman–Crippen LogP) is 3.18. The number of halogens is 1. The van der Waals surface area contributed by atoms with Crippen molar-refractivity contribution in [2.24, 2.45) is 0 Å². The summed E-state index contributed by atoms with van der Waals surface area (Å²) in [5.41, 5.74) is 1.97. The highest BCUT2D eigenvalue weighted by Gasteiger charge is 2.41. The van der Waals surface area contributed by atoms with Crippen molar-refractivity contribution < 1.29 is 14.3 Å². The molecule has 7 nitrogen and oxygen atoms in total. The van der Waals surface area contributed by atoms with Gasteiger partial charge in [-0.25, -0.2) is 4.79 Å². The monoisotopic (exact) mass is 418 g/mol. The standard InChI is InChI=1S/C21H27ClN4O3/c1-15-18(8-7-16(12-23)20(15)22)26-14-17-13-24(10-11-25(17)21(26)28)9-5-3-4-6-19(27)29-2/h7-8,17H,3-6,9-11,13-14H2,1-2H3. The van der Waals surface area contributed by atoms with E-state index >= 15 is 0 Å². The molecule has 3 rings (SSSR count). The Morgan fingerprint density at radius 2 is 2.07 bits per heavy atom. The number of amides is 2. The molecule has 0 radical (unpaired) electrons. The van der Waals surface area contributed by atoms with Gasteiger partial charge in [0.15, 0.2) is 0 Å². The number of methoxy groups -OCH3 is 1. The van der Waals surface area contributed by atoms with E-state index in [-0.39, 0.29) is 18.0 Å². The Morgan fingerprint density at radius 3 is 2.79 bits per heavy atom. The topological polar surface area (TPSA) is 76.9 Å². The van der Waals surface area contributed by atoms with Gasteiger partial charge in [-0.15, -0.1) is 0 Å². The number of urea groups is 1. The van der Waals surface area contributed by atoms with Crippen LogP contribution in [0.2, 0.25) is 5.02 Å². The number of carbonyl (C=O) groups is 2. The maximum atomic E-state index is 12.9. The summed E-state index contributed by atoms with van der Waals surface area (Å²) in [7, 11) is 1.42. The molecule has 1 aromatic rings. The Hall–Kier alpha value is -2.30. The van der Waals surface area contributed by atoms with E-state index in [0.717, 1.165) is 50.1 Å². The second-order valence-corrected chi connectivity index (χ2v) is 7.99. The molecule has 2 amide bonds. The first-order valence-electron chi connectivity index (χ1n) is 10.0. The molecule has 1 unspecified atom stereocenters. The van der Waals surface area contributed by atoms with Crippen molar-refractivity contribution >= 4 is 29.3 Å². The van der Waals surface area contributed by atoms with Gasteiger partial charge in [0.05, 0.1) is 23.7 Å². The number of rotatable bonds is 7. The molecule has 0 bridgehead atoms. The Bertz CT molecular complexity index is 823. The molecule has 0 saturated carbocycles. The molecule has 0 aliphatic carbocycles. The number of fused-ring (bicyclic) bond motifs is 1. The van der Waals surface area contributed by atoms with Crippen LogP contribution in [0.25, 0.3) is 0 Å². The predicted molar refractivity (Wildman–Crippen MR) is 111 cm³/mol. The van der Waals surface area contributed by atoms with Crippen LogP contribution in [-0.2, 0) is 9.53 Å². The molecule has 1 atom stereocenters. The van der Waals surface area contributed by atoms with Crippen molar-refractivity contribution in [1.29, 1.82) is 5.26 Å². The van der Waals surface area contributed by atoms with Crippen molar-refractivity contribution in [2.75, 3.05) is 44.7 Å². The van der Waals surface area contributed by atoms with E-state index in [1.807, 2.05) is 17.9 Å². The molecule has 2 heterocycles. The summed E-state index contributed by atoms with van der Waals surface area (Å²) in [6.07, 6.45) is 3.35. The van der Waals surface area contributed by atoms with Crippen molar-refractivity contribution in [3.63, 3.8) is 0 Å². The summed E-state index contributed by atoms with van der Waals surface area (Å²) < 4.78 is 4.66. The fourth-order valence-electron chi connectivity index (χ4n) is 4.11. The zero-order valence-electron chi connectivity index (χ0n) is 17.0. The lowest BCUT2D eigenvalue weighted by Crippen LogP contribution is -2.52. The van der Waals surface area contributed by atoms with Crippen LogP contribution in [0.5, 0.6) is 0 Å². The maximum absolute atomic E-state index is 12.9. The zero-order valence-corrected chi connectivity index (χ0v) is 17.7. The summed E-state index contributed by atoms with van der Waals surface area (Å²) >= 11 is 6.30. The Balaban J connectivity index is 1.56. The number of benzene rings is 1. The number of nitriles is 1. The molecule has 156 valence electrons. The summed E-state index contributed by atoms with van der Waals surface area (Å²) in [6.45, 7) is 5.87. The van der Waals surface area contributed by atoms with Crippen LogP contribution in [0.3, 0.4) is 0 Å². The molecule has 0 spiro atoms. The summed E-state index contributed by atoms with van der Waals surface area (Å²) in [4.78, 5) is 30.2. The van der Waals surface area contributed by atoms with E-state index in [1.165, 1.54) is 7.11 Å². The van der Waals surface area contributed by atoms with E-state index in [2.05, 4.69) is 15.7 Å². The molecule has 0 aromatic heterocycles. The minimum Gasteiger partial charge on any atom is -0.469 e. The van der Waals surface area contributed by atoms with Crippen molar-refractivity contribution in [3.8, 4) is 6.07 Å². The largest absolute Gasteiger partial charge is 0.469 e. The minimum absolute atomic E-state index is 0.0107. The van der Waals surface area contributed by atoms with Gasteiger partial charge in [0.2, 0.25) is 0 Å². The minimum atomic E-state index is -0.152. The first kappa shape index (κ1) is 21.4. The van der Waals surface area contributed by atoms with Gasteiger partial charge in [-0.1, -0.05) is 18.0 Å². The van der Waals surface area contributed by atoms with E-state index < -0.39 is 0 Å². The van der Waals surface area contributed by atoms with Crippen molar-refractivity contribution in [3.05, 3.63) is 28.3 Å². The summed E-state index contributed by atoms with van der Waals surface area (Å²) in [5.74, 6) is -0.152. The highest BCUT2D eigenvalue weighted by molar-refractivity contribution is 6.33. The number of esters is 1. The lowest BCUT2D eigenvalue weighted by Gasteiger charge is -2.36. The zero-order chi connectivity index (χ0) is 21.0. The number of unbranched alkanes of at least 4 members (excludes halogenated alkanes) is 2. The average Bonchev–Trinajstić information content (AvgIpc) is 3.05. The number of nitrogens with zero attached hydrogens (tertiary/aromatic N) is 4. The molecule has 8 heteroatoms. The number of anilines is 1. The van der Waals surface area contributed by atoms with Crippen LogP contribution in [0.1, 0.15) is 36.8 Å². The Kier molecular flexibility index (Phi) is 6.99. The number of hydrogen-bond acceptors (Lipinski definition) is 5. The van der Waals surface area contributed by atoms with E-state index in [1.54, 1.807) is 11.0 Å². The number of carbonyl (C=O) groups excluding carboxylic acids is 2. The Morgan fingerprint density at radius 1 is 1.28 bits per heavy atom. The second kappa shape index (κ2) is 9.47. The third-order valence-corrected chi connectivity index (χ3v) is 6.28. The number of ether oxygens (including phenoxy) is 1. The lowest BCUT2D eigenvalue weighted by molar-refractivity contribution is -0.140. The van der Waals surface area contributed by atoms with Crippen LogP contribution < -0.4 is 4.90 Å². The lowest BCUT2D eigenvalue weighted by atomic mass is 10.1. The van der Waals surface area contributed by atoms with Gasteiger partial charge in [-0.3, -0.25) is 14.6 Å². The first-order valence-corrected chi connectivity index (χ1v) is 10.4. The molecular formula is C21H27ClN4O3. The van der Waals surface area contributed by atoms with Crippen LogP contribution >= 0.6 is 11.6 Å². The molecule has 2 fully saturated rings. The van der Waals surface area contributed by atoms with Crippen molar-refractivity contribution in [2.45, 2.75) is 38.6 Å².